The van der Waals surface area contributed by atoms with E-state index in [1.807, 2.05) is 27.7 Å². The maximum Gasteiger partial charge on any atom is 0.229 e. The summed E-state index contributed by atoms with van der Waals surface area (Å²) in [6, 6.07) is 7.13. The SMILES string of the molecule is CC(CCN)C(=O)Nc1cccc(NC(=O)C(C)(C)C)c1. The van der Waals surface area contributed by atoms with Crippen molar-refractivity contribution >= 4 is 23.2 Å². The topological polar surface area (TPSA) is 84.2 Å². The number of anilines is 2. The predicted molar refractivity (Wildman–Crippen MR) is 86.0 cm³/mol. The zero-order valence-electron chi connectivity index (χ0n) is 13.2. The number of carbonyl (C=O) groups excluding carboxylic acids is 2. The van der Waals surface area contributed by atoms with Gasteiger partial charge in [-0.1, -0.05) is 33.8 Å². The first kappa shape index (κ1) is 17.2. The quantitative estimate of drug-likeness (QED) is 0.779. The minimum atomic E-state index is -0.463. The van der Waals surface area contributed by atoms with Crippen LogP contribution in [-0.4, -0.2) is 18.4 Å². The predicted octanol–water partition coefficient (Wildman–Crippen LogP) is 2.59. The first-order valence-corrected chi connectivity index (χ1v) is 7.16. The van der Waals surface area contributed by atoms with Crippen LogP contribution in [0.4, 0.5) is 11.4 Å². The molecule has 1 rings (SSSR count). The molecule has 0 aliphatic heterocycles. The van der Waals surface area contributed by atoms with E-state index in [-0.39, 0.29) is 17.7 Å². The minimum Gasteiger partial charge on any atom is -0.330 e. The summed E-state index contributed by atoms with van der Waals surface area (Å²) in [4.78, 5) is 23.9. The third-order valence-corrected chi connectivity index (χ3v) is 3.12. The fourth-order valence-corrected chi connectivity index (χ4v) is 1.64. The smallest absolute Gasteiger partial charge is 0.229 e. The lowest BCUT2D eigenvalue weighted by Crippen LogP contribution is -2.27. The number of benzene rings is 1. The molecule has 0 bridgehead atoms. The normalized spacial score (nSPS) is 12.6. The van der Waals surface area contributed by atoms with Crippen LogP contribution < -0.4 is 16.4 Å². The third-order valence-electron chi connectivity index (χ3n) is 3.12. The van der Waals surface area contributed by atoms with Crippen molar-refractivity contribution in [2.75, 3.05) is 17.2 Å². The molecule has 2 amide bonds. The second-order valence-electron chi connectivity index (χ2n) is 6.25. The van der Waals surface area contributed by atoms with E-state index in [2.05, 4.69) is 10.6 Å². The van der Waals surface area contributed by atoms with Gasteiger partial charge in [-0.2, -0.15) is 0 Å². The van der Waals surface area contributed by atoms with E-state index in [1.165, 1.54) is 0 Å². The van der Waals surface area contributed by atoms with Crippen LogP contribution in [0.2, 0.25) is 0 Å². The largest absolute Gasteiger partial charge is 0.330 e. The van der Waals surface area contributed by atoms with Crippen LogP contribution in [0, 0.1) is 11.3 Å². The standard InChI is InChI=1S/C16H25N3O2/c1-11(8-9-17)14(20)18-12-6-5-7-13(10-12)19-15(21)16(2,3)4/h5-7,10-11H,8-9,17H2,1-4H3,(H,18,20)(H,19,21). The number of hydrogen-bond donors (Lipinski definition) is 3. The molecule has 0 fully saturated rings. The number of hydrogen-bond acceptors (Lipinski definition) is 3. The lowest BCUT2D eigenvalue weighted by atomic mass is 9.95. The molecule has 0 radical (unpaired) electrons. The Morgan fingerprint density at radius 1 is 1.19 bits per heavy atom. The maximum atomic E-state index is 11.9. The maximum absolute atomic E-state index is 11.9. The highest BCUT2D eigenvalue weighted by molar-refractivity contribution is 5.96. The van der Waals surface area contributed by atoms with Crippen molar-refractivity contribution in [2.24, 2.45) is 17.1 Å². The average molecular weight is 291 g/mol. The van der Waals surface area contributed by atoms with Crippen molar-refractivity contribution in [3.05, 3.63) is 24.3 Å². The van der Waals surface area contributed by atoms with Crippen LogP contribution in [0.3, 0.4) is 0 Å². The second-order valence-corrected chi connectivity index (χ2v) is 6.25. The van der Waals surface area contributed by atoms with Crippen molar-refractivity contribution in [1.82, 2.24) is 0 Å². The molecule has 1 aromatic rings. The van der Waals surface area contributed by atoms with Crippen molar-refractivity contribution in [3.8, 4) is 0 Å². The van der Waals surface area contributed by atoms with Gasteiger partial charge < -0.3 is 16.4 Å². The lowest BCUT2D eigenvalue weighted by Gasteiger charge is -2.18. The summed E-state index contributed by atoms with van der Waals surface area (Å²) in [5.41, 5.74) is 6.32. The number of carbonyl (C=O) groups is 2. The van der Waals surface area contributed by atoms with E-state index in [1.54, 1.807) is 24.3 Å². The Labute approximate surface area is 126 Å². The number of nitrogens with one attached hydrogen (secondary N) is 2. The Bertz CT molecular complexity index is 506. The summed E-state index contributed by atoms with van der Waals surface area (Å²) in [6.45, 7) is 7.87. The van der Waals surface area contributed by atoms with Gasteiger partial charge in [0.2, 0.25) is 11.8 Å². The second kappa shape index (κ2) is 7.22. The van der Waals surface area contributed by atoms with Crippen LogP contribution in [-0.2, 0) is 9.59 Å². The van der Waals surface area contributed by atoms with Crippen molar-refractivity contribution < 1.29 is 9.59 Å². The van der Waals surface area contributed by atoms with E-state index >= 15 is 0 Å². The molecule has 1 unspecified atom stereocenters. The highest BCUT2D eigenvalue weighted by atomic mass is 16.2. The average Bonchev–Trinajstić information content (AvgIpc) is 2.38. The zero-order valence-corrected chi connectivity index (χ0v) is 13.2. The van der Waals surface area contributed by atoms with E-state index in [9.17, 15) is 9.59 Å². The fourth-order valence-electron chi connectivity index (χ4n) is 1.64. The van der Waals surface area contributed by atoms with Gasteiger partial charge in [0.1, 0.15) is 0 Å². The summed E-state index contributed by atoms with van der Waals surface area (Å²) in [7, 11) is 0. The molecule has 0 aliphatic carbocycles. The van der Waals surface area contributed by atoms with Crippen molar-refractivity contribution in [3.63, 3.8) is 0 Å². The van der Waals surface area contributed by atoms with Gasteiger partial charge in [0.05, 0.1) is 0 Å². The molecule has 0 saturated carbocycles. The lowest BCUT2D eigenvalue weighted by molar-refractivity contribution is -0.123. The summed E-state index contributed by atoms with van der Waals surface area (Å²) < 4.78 is 0. The Kier molecular flexibility index (Phi) is 5.90. The Morgan fingerprint density at radius 2 is 1.76 bits per heavy atom. The van der Waals surface area contributed by atoms with E-state index in [0.29, 0.717) is 24.3 Å². The van der Waals surface area contributed by atoms with Gasteiger partial charge in [0, 0.05) is 22.7 Å². The molecular formula is C16H25N3O2. The molecule has 1 atom stereocenters. The van der Waals surface area contributed by atoms with Gasteiger partial charge in [-0.3, -0.25) is 9.59 Å². The number of amides is 2. The van der Waals surface area contributed by atoms with Crippen LogP contribution in [0.5, 0.6) is 0 Å². The van der Waals surface area contributed by atoms with E-state index in [4.69, 9.17) is 5.73 Å². The van der Waals surface area contributed by atoms with E-state index < -0.39 is 5.41 Å². The summed E-state index contributed by atoms with van der Waals surface area (Å²) in [5, 5.41) is 5.67. The first-order valence-electron chi connectivity index (χ1n) is 7.16. The molecular weight excluding hydrogens is 266 g/mol. The molecule has 4 N–H and O–H groups in total. The summed E-state index contributed by atoms with van der Waals surface area (Å²) in [6.07, 6.45) is 0.645. The van der Waals surface area contributed by atoms with Gasteiger partial charge >= 0.3 is 0 Å². The molecule has 0 saturated heterocycles. The molecule has 0 spiro atoms. The van der Waals surface area contributed by atoms with Crippen molar-refractivity contribution in [1.29, 1.82) is 0 Å². The van der Waals surface area contributed by atoms with Crippen LogP contribution in [0.15, 0.2) is 24.3 Å². The van der Waals surface area contributed by atoms with Crippen LogP contribution >= 0.6 is 0 Å². The fraction of sp³-hybridized carbons (Fsp3) is 0.500. The third kappa shape index (κ3) is 5.55. The highest BCUT2D eigenvalue weighted by Gasteiger charge is 2.21. The van der Waals surface area contributed by atoms with Crippen molar-refractivity contribution in [2.45, 2.75) is 34.1 Å². The Balaban J connectivity index is 2.73. The van der Waals surface area contributed by atoms with Gasteiger partial charge in [-0.25, -0.2) is 0 Å². The molecule has 0 heterocycles. The Hall–Kier alpha value is -1.88. The van der Waals surface area contributed by atoms with Gasteiger partial charge in [0.25, 0.3) is 0 Å². The molecule has 116 valence electrons. The first-order chi connectivity index (χ1) is 9.74. The molecule has 0 aliphatic rings. The van der Waals surface area contributed by atoms with Gasteiger partial charge in [0.15, 0.2) is 0 Å². The monoisotopic (exact) mass is 291 g/mol. The molecule has 0 aromatic heterocycles. The minimum absolute atomic E-state index is 0.0672. The van der Waals surface area contributed by atoms with Gasteiger partial charge in [-0.15, -0.1) is 0 Å². The van der Waals surface area contributed by atoms with Gasteiger partial charge in [-0.05, 0) is 31.2 Å². The summed E-state index contributed by atoms with van der Waals surface area (Å²) >= 11 is 0. The summed E-state index contributed by atoms with van der Waals surface area (Å²) in [5.74, 6) is -0.273. The Morgan fingerprint density at radius 3 is 2.29 bits per heavy atom. The zero-order chi connectivity index (χ0) is 16.0. The number of nitrogens with two attached hydrogens (primary N) is 1. The molecule has 5 heteroatoms. The molecule has 21 heavy (non-hydrogen) atoms. The van der Waals surface area contributed by atoms with Crippen LogP contribution in [0.25, 0.3) is 0 Å². The molecule has 5 nitrogen and oxygen atoms in total. The highest BCUT2D eigenvalue weighted by Crippen LogP contribution is 2.20. The number of rotatable bonds is 5. The van der Waals surface area contributed by atoms with Crippen LogP contribution in [0.1, 0.15) is 34.1 Å². The van der Waals surface area contributed by atoms with E-state index in [0.717, 1.165) is 0 Å². The molecule has 1 aromatic carbocycles.